The lowest BCUT2D eigenvalue weighted by Gasteiger charge is -2.18. The van der Waals surface area contributed by atoms with E-state index in [-0.39, 0.29) is 5.91 Å². The van der Waals surface area contributed by atoms with Gasteiger partial charge in [-0.1, -0.05) is 37.5 Å². The minimum absolute atomic E-state index is 0.0406. The Labute approximate surface area is 106 Å². The standard InChI is InChI=1S/C12H19N3OS/c1-2-6-10(16)13-12-15-14-11(17-12)9-7-4-3-5-8-9/h9H,2-8H2,1H3,(H,13,15,16). The molecule has 1 N–H and O–H groups in total. The predicted octanol–water partition coefficient (Wildman–Crippen LogP) is 3.32. The summed E-state index contributed by atoms with van der Waals surface area (Å²) in [7, 11) is 0. The van der Waals surface area contributed by atoms with Crippen LogP contribution < -0.4 is 5.32 Å². The van der Waals surface area contributed by atoms with Gasteiger partial charge in [0.15, 0.2) is 0 Å². The van der Waals surface area contributed by atoms with Crippen LogP contribution in [-0.2, 0) is 4.79 Å². The van der Waals surface area contributed by atoms with E-state index in [0.29, 0.717) is 17.5 Å². The maximum absolute atomic E-state index is 11.4. The molecule has 0 bridgehead atoms. The monoisotopic (exact) mass is 253 g/mol. The van der Waals surface area contributed by atoms with Gasteiger partial charge >= 0.3 is 0 Å². The fourth-order valence-corrected chi connectivity index (χ4v) is 3.14. The van der Waals surface area contributed by atoms with Crippen LogP contribution in [0.1, 0.15) is 62.8 Å². The van der Waals surface area contributed by atoms with Crippen LogP contribution in [0.15, 0.2) is 0 Å². The fraction of sp³-hybridized carbons (Fsp3) is 0.750. The second-order valence-electron chi connectivity index (χ2n) is 4.58. The maximum Gasteiger partial charge on any atom is 0.226 e. The van der Waals surface area contributed by atoms with Crippen molar-refractivity contribution in [3.8, 4) is 0 Å². The summed E-state index contributed by atoms with van der Waals surface area (Å²) in [6, 6.07) is 0. The number of anilines is 1. The van der Waals surface area contributed by atoms with Crippen molar-refractivity contribution in [3.05, 3.63) is 5.01 Å². The molecular weight excluding hydrogens is 234 g/mol. The molecule has 1 aliphatic carbocycles. The molecule has 94 valence electrons. The summed E-state index contributed by atoms with van der Waals surface area (Å²) in [5.74, 6) is 0.608. The summed E-state index contributed by atoms with van der Waals surface area (Å²) in [5, 5.41) is 12.8. The molecule has 4 nitrogen and oxygen atoms in total. The van der Waals surface area contributed by atoms with Crippen LogP contribution in [-0.4, -0.2) is 16.1 Å². The highest BCUT2D eigenvalue weighted by Gasteiger charge is 2.19. The summed E-state index contributed by atoms with van der Waals surface area (Å²) >= 11 is 1.54. The Kier molecular flexibility index (Phi) is 4.48. The molecule has 0 saturated heterocycles. The lowest BCUT2D eigenvalue weighted by Crippen LogP contribution is -2.10. The fourth-order valence-electron chi connectivity index (χ4n) is 2.21. The summed E-state index contributed by atoms with van der Waals surface area (Å²) in [6.07, 6.45) is 7.78. The third kappa shape index (κ3) is 3.49. The van der Waals surface area contributed by atoms with Crippen LogP contribution >= 0.6 is 11.3 Å². The topological polar surface area (TPSA) is 54.9 Å². The van der Waals surface area contributed by atoms with E-state index in [1.54, 1.807) is 0 Å². The van der Waals surface area contributed by atoms with Crippen LogP contribution in [0.3, 0.4) is 0 Å². The van der Waals surface area contributed by atoms with Gasteiger partial charge in [0, 0.05) is 12.3 Å². The van der Waals surface area contributed by atoms with Crippen LogP contribution in [0.5, 0.6) is 0 Å². The van der Waals surface area contributed by atoms with Crippen LogP contribution in [0, 0.1) is 0 Å². The lowest BCUT2D eigenvalue weighted by atomic mass is 9.90. The Morgan fingerprint density at radius 1 is 1.35 bits per heavy atom. The van der Waals surface area contributed by atoms with Crippen LogP contribution in [0.4, 0.5) is 5.13 Å². The van der Waals surface area contributed by atoms with Gasteiger partial charge in [-0.05, 0) is 19.3 Å². The average Bonchev–Trinajstić information content (AvgIpc) is 2.79. The van der Waals surface area contributed by atoms with Gasteiger partial charge in [0.1, 0.15) is 5.01 Å². The van der Waals surface area contributed by atoms with E-state index in [1.165, 1.54) is 43.4 Å². The SMILES string of the molecule is CCCC(=O)Nc1nnc(C2CCCCC2)s1. The molecule has 1 aliphatic rings. The van der Waals surface area contributed by atoms with Gasteiger partial charge < -0.3 is 5.32 Å². The maximum atomic E-state index is 11.4. The number of hydrogen-bond acceptors (Lipinski definition) is 4. The molecule has 0 aliphatic heterocycles. The largest absolute Gasteiger partial charge is 0.301 e. The van der Waals surface area contributed by atoms with E-state index < -0.39 is 0 Å². The normalized spacial score (nSPS) is 17.0. The molecule has 0 unspecified atom stereocenters. The van der Waals surface area contributed by atoms with E-state index in [2.05, 4.69) is 15.5 Å². The second kappa shape index (κ2) is 6.10. The quantitative estimate of drug-likeness (QED) is 0.895. The molecule has 5 heteroatoms. The number of aromatic nitrogens is 2. The Morgan fingerprint density at radius 2 is 2.12 bits per heavy atom. The van der Waals surface area contributed by atoms with Crippen molar-refractivity contribution in [1.29, 1.82) is 0 Å². The molecule has 0 radical (unpaired) electrons. The summed E-state index contributed by atoms with van der Waals surface area (Å²) in [6.45, 7) is 1.99. The van der Waals surface area contributed by atoms with Crippen molar-refractivity contribution in [2.45, 2.75) is 57.8 Å². The zero-order chi connectivity index (χ0) is 12.1. The molecular formula is C12H19N3OS. The molecule has 1 heterocycles. The summed E-state index contributed by atoms with van der Waals surface area (Å²) in [5.41, 5.74) is 0. The molecule has 0 atom stereocenters. The minimum Gasteiger partial charge on any atom is -0.301 e. The Morgan fingerprint density at radius 3 is 2.82 bits per heavy atom. The van der Waals surface area contributed by atoms with Gasteiger partial charge in [0.05, 0.1) is 0 Å². The Hall–Kier alpha value is -0.970. The minimum atomic E-state index is 0.0406. The first kappa shape index (κ1) is 12.5. The van der Waals surface area contributed by atoms with Crippen LogP contribution in [0.25, 0.3) is 0 Å². The Bertz CT molecular complexity index is 372. The van der Waals surface area contributed by atoms with Gasteiger partial charge in [0.2, 0.25) is 11.0 Å². The van der Waals surface area contributed by atoms with Crippen molar-refractivity contribution in [2.75, 3.05) is 5.32 Å². The van der Waals surface area contributed by atoms with Crippen molar-refractivity contribution in [1.82, 2.24) is 10.2 Å². The summed E-state index contributed by atoms with van der Waals surface area (Å²) in [4.78, 5) is 11.4. The zero-order valence-corrected chi connectivity index (χ0v) is 11.1. The first-order chi connectivity index (χ1) is 8.29. The van der Waals surface area contributed by atoms with E-state index in [0.717, 1.165) is 11.4 Å². The number of carbonyl (C=O) groups is 1. The number of carbonyl (C=O) groups excluding carboxylic acids is 1. The smallest absolute Gasteiger partial charge is 0.226 e. The lowest BCUT2D eigenvalue weighted by molar-refractivity contribution is -0.116. The van der Waals surface area contributed by atoms with E-state index in [9.17, 15) is 4.79 Å². The highest BCUT2D eigenvalue weighted by molar-refractivity contribution is 7.15. The number of amides is 1. The molecule has 1 saturated carbocycles. The van der Waals surface area contributed by atoms with Crippen molar-refractivity contribution in [2.24, 2.45) is 0 Å². The van der Waals surface area contributed by atoms with Gasteiger partial charge in [-0.15, -0.1) is 10.2 Å². The van der Waals surface area contributed by atoms with Crippen molar-refractivity contribution < 1.29 is 4.79 Å². The van der Waals surface area contributed by atoms with Crippen molar-refractivity contribution in [3.63, 3.8) is 0 Å². The predicted molar refractivity (Wildman–Crippen MR) is 69.3 cm³/mol. The number of nitrogens with one attached hydrogen (secondary N) is 1. The molecule has 1 fully saturated rings. The Balaban J connectivity index is 1.93. The third-order valence-electron chi connectivity index (χ3n) is 3.12. The third-order valence-corrected chi connectivity index (χ3v) is 4.12. The molecule has 0 spiro atoms. The van der Waals surface area contributed by atoms with E-state index in [4.69, 9.17) is 0 Å². The zero-order valence-electron chi connectivity index (χ0n) is 10.2. The van der Waals surface area contributed by atoms with Gasteiger partial charge in [0.25, 0.3) is 0 Å². The molecule has 2 rings (SSSR count). The molecule has 0 aromatic carbocycles. The molecule has 1 aromatic rings. The highest BCUT2D eigenvalue weighted by atomic mass is 32.1. The molecule has 1 amide bonds. The molecule has 17 heavy (non-hydrogen) atoms. The first-order valence-corrected chi connectivity index (χ1v) is 7.24. The number of rotatable bonds is 4. The van der Waals surface area contributed by atoms with E-state index in [1.807, 2.05) is 6.92 Å². The molecule has 1 aromatic heterocycles. The second-order valence-corrected chi connectivity index (χ2v) is 5.59. The van der Waals surface area contributed by atoms with Crippen LogP contribution in [0.2, 0.25) is 0 Å². The van der Waals surface area contributed by atoms with Crippen molar-refractivity contribution >= 4 is 22.4 Å². The summed E-state index contributed by atoms with van der Waals surface area (Å²) < 4.78 is 0. The van der Waals surface area contributed by atoms with Gasteiger partial charge in [-0.3, -0.25) is 4.79 Å². The number of hydrogen-bond donors (Lipinski definition) is 1. The average molecular weight is 253 g/mol. The van der Waals surface area contributed by atoms with Gasteiger partial charge in [-0.25, -0.2) is 0 Å². The first-order valence-electron chi connectivity index (χ1n) is 6.43. The van der Waals surface area contributed by atoms with Gasteiger partial charge in [-0.2, -0.15) is 0 Å². The van der Waals surface area contributed by atoms with E-state index >= 15 is 0 Å². The number of nitrogens with zero attached hydrogens (tertiary/aromatic N) is 2. The highest BCUT2D eigenvalue weighted by Crippen LogP contribution is 2.35.